The van der Waals surface area contributed by atoms with Crippen molar-refractivity contribution in [2.75, 3.05) is 25.5 Å². The molecule has 6 N–H and O–H groups in total. The Kier molecular flexibility index (Phi) is 7.22. The fraction of sp³-hybridized carbons (Fsp3) is 0.467. The van der Waals surface area contributed by atoms with Crippen molar-refractivity contribution in [1.29, 1.82) is 0 Å². The van der Waals surface area contributed by atoms with E-state index in [1.54, 1.807) is 17.1 Å². The van der Waals surface area contributed by atoms with Crippen LogP contribution in [0.5, 0.6) is 5.75 Å². The summed E-state index contributed by atoms with van der Waals surface area (Å²) >= 11 is 1.01. The molecular weight excluding hydrogens is 500 g/mol. The van der Waals surface area contributed by atoms with Crippen molar-refractivity contribution in [1.82, 2.24) is 18.9 Å². The maximum absolute atomic E-state index is 12.7. The van der Waals surface area contributed by atoms with Gasteiger partial charge in [-0.15, -0.1) is 4.53 Å². The molecule has 3 atom stereocenters. The summed E-state index contributed by atoms with van der Waals surface area (Å²) in [6.45, 7) is 1.51. The standard InChI is InChI=1S/C15H22N8O7S3/c1-7-11(29-2)12(18-31-7)19-33(27,28)20-15(26)22-5-9(13(22)25)23-8(4-10(16)24)6-32(14(23)17)21-30-3/h6,9,14H,4-5,17H2,1-3H3,(H2,16,24)(H,18,19)(H,20,26). The lowest BCUT2D eigenvalue weighted by molar-refractivity contribution is -0.144. The van der Waals surface area contributed by atoms with Crippen molar-refractivity contribution in [3.05, 3.63) is 16.0 Å². The number of carbonyl (C=O) groups excluding carboxylic acids is 3. The smallest absolute Gasteiger partial charge is 0.339 e. The summed E-state index contributed by atoms with van der Waals surface area (Å²) in [5.41, 5.74) is 11.0. The number of hydrogen-bond acceptors (Lipinski definition) is 12. The molecule has 18 heteroatoms. The highest BCUT2D eigenvalue weighted by atomic mass is 32.2. The van der Waals surface area contributed by atoms with Gasteiger partial charge in [-0.1, -0.05) is 0 Å². The number of urea groups is 1. The van der Waals surface area contributed by atoms with Crippen LogP contribution in [0, 0.1) is 6.92 Å². The third kappa shape index (κ3) is 5.08. The van der Waals surface area contributed by atoms with Gasteiger partial charge in [0.15, 0.2) is 11.6 Å². The van der Waals surface area contributed by atoms with E-state index >= 15 is 0 Å². The van der Waals surface area contributed by atoms with E-state index in [-0.39, 0.29) is 24.5 Å². The number of aryl methyl sites for hydroxylation is 1. The SMILES string of the molecule is CO/N=S1/C=C(CC(N)=O)N(C2CN(C(=O)NS(=O)(=O)Nc3nsc(C)c3OC)C2=O)C1N. The fourth-order valence-electron chi connectivity index (χ4n) is 3.18. The van der Waals surface area contributed by atoms with E-state index in [0.717, 1.165) is 11.5 Å². The van der Waals surface area contributed by atoms with Crippen LogP contribution in [0.25, 0.3) is 0 Å². The summed E-state index contributed by atoms with van der Waals surface area (Å²) in [6, 6.07) is -2.07. The molecule has 4 amide bonds. The number of β-lactam (4-membered cyclic amide) rings is 1. The molecule has 2 aliphatic rings. The molecule has 3 unspecified atom stereocenters. The van der Waals surface area contributed by atoms with Gasteiger partial charge in [-0.25, -0.2) is 19.1 Å². The van der Waals surface area contributed by atoms with Crippen LogP contribution in [0.4, 0.5) is 10.6 Å². The molecule has 1 aromatic heterocycles. The van der Waals surface area contributed by atoms with E-state index < -0.39 is 50.3 Å². The number of anilines is 1. The molecule has 0 spiro atoms. The summed E-state index contributed by atoms with van der Waals surface area (Å²) in [5.74, 6) is -1.23. The fourth-order valence-corrected chi connectivity index (χ4v) is 6.08. The zero-order valence-electron chi connectivity index (χ0n) is 17.7. The number of rotatable bonds is 8. The number of ether oxygens (including phenoxy) is 1. The summed E-state index contributed by atoms with van der Waals surface area (Å²) < 4.78 is 41.4. The molecule has 33 heavy (non-hydrogen) atoms. The first-order chi connectivity index (χ1) is 15.5. The normalized spacial score (nSPS) is 22.7. The van der Waals surface area contributed by atoms with Gasteiger partial charge < -0.3 is 21.1 Å². The van der Waals surface area contributed by atoms with Crippen molar-refractivity contribution in [3.63, 3.8) is 0 Å². The van der Waals surface area contributed by atoms with Gasteiger partial charge in [-0.2, -0.15) is 12.8 Å². The van der Waals surface area contributed by atoms with E-state index in [4.69, 9.17) is 21.0 Å². The van der Waals surface area contributed by atoms with Crippen LogP contribution < -0.4 is 25.6 Å². The van der Waals surface area contributed by atoms with E-state index in [1.807, 2.05) is 0 Å². The quantitative estimate of drug-likeness (QED) is 0.233. The van der Waals surface area contributed by atoms with Gasteiger partial charge >= 0.3 is 16.2 Å². The van der Waals surface area contributed by atoms with Crippen molar-refractivity contribution < 1.29 is 32.4 Å². The monoisotopic (exact) mass is 522 g/mol. The third-order valence-electron chi connectivity index (χ3n) is 4.58. The van der Waals surface area contributed by atoms with Gasteiger partial charge in [-0.05, 0) is 29.1 Å². The molecule has 3 rings (SSSR count). The Morgan fingerprint density at radius 1 is 1.42 bits per heavy atom. The minimum absolute atomic E-state index is 0.0914. The molecule has 3 heterocycles. The lowest BCUT2D eigenvalue weighted by Gasteiger charge is -2.44. The molecular formula is C15H22N8O7S3. The zero-order chi connectivity index (χ0) is 24.5. The van der Waals surface area contributed by atoms with Crippen molar-refractivity contribution in [3.8, 4) is 5.75 Å². The molecule has 1 saturated heterocycles. The van der Waals surface area contributed by atoms with Crippen LogP contribution >= 0.6 is 11.5 Å². The summed E-state index contributed by atoms with van der Waals surface area (Å²) in [4.78, 5) is 44.1. The number of aromatic nitrogens is 1. The van der Waals surface area contributed by atoms with Crippen molar-refractivity contribution >= 4 is 56.1 Å². The number of nitrogens with one attached hydrogen (secondary N) is 2. The van der Waals surface area contributed by atoms with Gasteiger partial charge in [0.25, 0.3) is 5.91 Å². The summed E-state index contributed by atoms with van der Waals surface area (Å²) in [6.07, 6.45) is -0.195. The number of nitrogens with zero attached hydrogens (tertiary/aromatic N) is 4. The number of carbonyl (C=O) groups is 3. The number of amides is 4. The second-order valence-electron chi connectivity index (χ2n) is 6.75. The Morgan fingerprint density at radius 2 is 2.12 bits per heavy atom. The molecule has 182 valence electrons. The number of methoxy groups -OCH3 is 1. The molecule has 0 aromatic carbocycles. The number of hydrogen-bond donors (Lipinski definition) is 4. The first-order valence-corrected chi connectivity index (χ1v) is 12.7. The molecule has 0 aliphatic carbocycles. The Morgan fingerprint density at radius 3 is 2.70 bits per heavy atom. The van der Waals surface area contributed by atoms with Gasteiger partial charge in [0, 0.05) is 11.1 Å². The number of nitrogens with two attached hydrogens (primary N) is 2. The maximum Gasteiger partial charge on any atom is 0.339 e. The molecule has 2 aliphatic heterocycles. The molecule has 15 nitrogen and oxygen atoms in total. The minimum atomic E-state index is -4.41. The van der Waals surface area contributed by atoms with E-state index in [1.165, 1.54) is 19.1 Å². The Hall–Kier alpha value is -2.80. The Labute approximate surface area is 195 Å². The number of imide groups is 1. The van der Waals surface area contributed by atoms with Gasteiger partial charge in [0.1, 0.15) is 11.5 Å². The van der Waals surface area contributed by atoms with E-state index in [2.05, 4.69) is 13.6 Å². The van der Waals surface area contributed by atoms with E-state index in [0.29, 0.717) is 15.5 Å². The number of primary amides is 1. The second-order valence-corrected chi connectivity index (χ2v) is 10.7. The average molecular weight is 523 g/mol. The Bertz CT molecular complexity index is 1150. The first kappa shape index (κ1) is 24.8. The van der Waals surface area contributed by atoms with Crippen LogP contribution in [-0.2, 0) is 35.3 Å². The lowest BCUT2D eigenvalue weighted by atomic mass is 10.1. The van der Waals surface area contributed by atoms with Crippen LogP contribution in [0.2, 0.25) is 0 Å². The lowest BCUT2D eigenvalue weighted by Crippen LogP contribution is -2.69. The highest BCUT2D eigenvalue weighted by Crippen LogP contribution is 2.32. The predicted molar refractivity (Wildman–Crippen MR) is 118 cm³/mol. The van der Waals surface area contributed by atoms with Crippen LogP contribution in [0.15, 0.2) is 15.6 Å². The first-order valence-electron chi connectivity index (χ1n) is 9.14. The zero-order valence-corrected chi connectivity index (χ0v) is 20.1. The summed E-state index contributed by atoms with van der Waals surface area (Å²) in [7, 11) is -2.70. The highest BCUT2D eigenvalue weighted by molar-refractivity contribution is 7.91. The maximum atomic E-state index is 12.7. The molecule has 0 radical (unpaired) electrons. The van der Waals surface area contributed by atoms with Crippen LogP contribution in [0.3, 0.4) is 0 Å². The third-order valence-corrected chi connectivity index (χ3v) is 7.77. The van der Waals surface area contributed by atoms with E-state index in [9.17, 15) is 22.8 Å². The Balaban J connectivity index is 1.68. The van der Waals surface area contributed by atoms with Crippen molar-refractivity contribution in [2.24, 2.45) is 16.0 Å². The molecule has 1 aromatic rings. The molecule has 1 fully saturated rings. The second kappa shape index (κ2) is 9.59. The predicted octanol–water partition coefficient (Wildman–Crippen LogP) is -1.32. The molecule has 0 saturated carbocycles. The van der Waals surface area contributed by atoms with Gasteiger partial charge in [0.05, 0.1) is 32.1 Å². The van der Waals surface area contributed by atoms with Gasteiger partial charge in [-0.3, -0.25) is 14.5 Å². The summed E-state index contributed by atoms with van der Waals surface area (Å²) in [5, 5.41) is 1.58. The average Bonchev–Trinajstić information content (AvgIpc) is 3.19. The largest absolute Gasteiger partial charge is 0.492 e. The minimum Gasteiger partial charge on any atom is -0.492 e. The number of likely N-dealkylation sites (tertiary alicyclic amines) is 1. The highest BCUT2D eigenvalue weighted by Gasteiger charge is 2.49. The topological polar surface area (TPSA) is 212 Å². The van der Waals surface area contributed by atoms with Crippen LogP contribution in [0.1, 0.15) is 11.3 Å². The molecule has 0 bridgehead atoms. The van der Waals surface area contributed by atoms with Crippen molar-refractivity contribution in [2.45, 2.75) is 24.9 Å². The van der Waals surface area contributed by atoms with Gasteiger partial charge in [0.2, 0.25) is 5.91 Å². The van der Waals surface area contributed by atoms with Crippen LogP contribution in [-0.4, -0.2) is 72.7 Å².